The van der Waals surface area contributed by atoms with Gasteiger partial charge in [-0.05, 0) is 63.3 Å². The smallest absolute Gasteiger partial charge is 0.272 e. The number of hydrogen-bond donors (Lipinski definition) is 0. The van der Waals surface area contributed by atoms with E-state index in [1.165, 1.54) is 11.8 Å². The number of nitrogens with zero attached hydrogens (tertiary/aromatic N) is 3. The maximum atomic E-state index is 15.0. The standard InChI is InChI=1S/C34H38FN3O3/c1-23-3-7-25(8-4-23)21-37-16-13-28(30(35)22-37)19-32(39)29-11-12-31(36-20-29)34(41)38-17-14-27(15-18-38)33(40)26-9-5-24(2)6-10-26/h3-12,20,27-28,30H,13-19,21-22H2,1-2H3/t28-,30+/m0/s1. The zero-order chi connectivity index (χ0) is 28.9. The highest BCUT2D eigenvalue weighted by Gasteiger charge is 2.32. The molecular weight excluding hydrogens is 517 g/mol. The first-order valence-electron chi connectivity index (χ1n) is 14.6. The van der Waals surface area contributed by atoms with E-state index in [0.29, 0.717) is 56.6 Å². The molecule has 41 heavy (non-hydrogen) atoms. The summed E-state index contributed by atoms with van der Waals surface area (Å²) < 4.78 is 15.0. The molecule has 0 radical (unpaired) electrons. The van der Waals surface area contributed by atoms with E-state index in [-0.39, 0.29) is 41.4 Å². The molecular formula is C34H38FN3O3. The third kappa shape index (κ3) is 7.14. The average Bonchev–Trinajstić information content (AvgIpc) is 2.99. The van der Waals surface area contributed by atoms with Crippen LogP contribution in [-0.2, 0) is 6.54 Å². The number of halogens is 1. The minimum absolute atomic E-state index is 0.0940. The molecule has 0 bridgehead atoms. The van der Waals surface area contributed by atoms with Gasteiger partial charge in [0, 0.05) is 55.8 Å². The number of piperidine rings is 2. The van der Waals surface area contributed by atoms with Crippen LogP contribution in [0.3, 0.4) is 0 Å². The lowest BCUT2D eigenvalue weighted by Crippen LogP contribution is -2.42. The van der Waals surface area contributed by atoms with Crippen molar-refractivity contribution in [3.8, 4) is 0 Å². The van der Waals surface area contributed by atoms with Crippen LogP contribution in [0, 0.1) is 25.7 Å². The van der Waals surface area contributed by atoms with Crippen LogP contribution < -0.4 is 0 Å². The Bertz CT molecular complexity index is 1360. The van der Waals surface area contributed by atoms with Gasteiger partial charge >= 0.3 is 0 Å². The van der Waals surface area contributed by atoms with Crippen molar-refractivity contribution in [3.63, 3.8) is 0 Å². The number of ketones is 2. The van der Waals surface area contributed by atoms with Crippen molar-refractivity contribution in [2.45, 2.75) is 52.2 Å². The SMILES string of the molecule is Cc1ccc(CN2CC[C@@H](CC(=O)c3ccc(C(=O)N4CCC(C(=O)c5ccc(C)cc5)CC4)nc3)[C@H](F)C2)cc1. The van der Waals surface area contributed by atoms with Crippen LogP contribution in [0.4, 0.5) is 4.39 Å². The Morgan fingerprint density at radius 1 is 0.829 bits per heavy atom. The lowest BCUT2D eigenvalue weighted by molar-refractivity contribution is 0.0644. The van der Waals surface area contributed by atoms with Gasteiger partial charge in [0.1, 0.15) is 11.9 Å². The highest BCUT2D eigenvalue weighted by Crippen LogP contribution is 2.27. The highest BCUT2D eigenvalue weighted by atomic mass is 19.1. The van der Waals surface area contributed by atoms with Gasteiger partial charge in [0.25, 0.3) is 5.91 Å². The van der Waals surface area contributed by atoms with Gasteiger partial charge in [0.15, 0.2) is 11.6 Å². The van der Waals surface area contributed by atoms with E-state index in [9.17, 15) is 14.4 Å². The minimum atomic E-state index is -1.06. The molecule has 0 unspecified atom stereocenters. The van der Waals surface area contributed by atoms with E-state index in [4.69, 9.17) is 0 Å². The topological polar surface area (TPSA) is 70.6 Å². The molecule has 1 aromatic heterocycles. The van der Waals surface area contributed by atoms with E-state index in [1.807, 2.05) is 38.1 Å². The van der Waals surface area contributed by atoms with E-state index in [2.05, 4.69) is 34.1 Å². The zero-order valence-corrected chi connectivity index (χ0v) is 23.9. The van der Waals surface area contributed by atoms with Gasteiger partial charge in [-0.2, -0.15) is 0 Å². The average molecular weight is 556 g/mol. The van der Waals surface area contributed by atoms with Crippen molar-refractivity contribution in [1.29, 1.82) is 0 Å². The number of aryl methyl sites for hydroxylation is 2. The van der Waals surface area contributed by atoms with Crippen LogP contribution in [0.15, 0.2) is 66.9 Å². The fourth-order valence-corrected chi connectivity index (χ4v) is 5.84. The molecule has 2 aromatic carbocycles. The summed E-state index contributed by atoms with van der Waals surface area (Å²) in [6.07, 6.45) is 2.37. The fourth-order valence-electron chi connectivity index (χ4n) is 5.84. The molecule has 2 aliphatic rings. The number of hydrogen-bond acceptors (Lipinski definition) is 5. The molecule has 2 aliphatic heterocycles. The molecule has 5 rings (SSSR count). The fraction of sp³-hybridized carbons (Fsp3) is 0.412. The Morgan fingerprint density at radius 2 is 1.46 bits per heavy atom. The van der Waals surface area contributed by atoms with Crippen LogP contribution >= 0.6 is 0 Å². The van der Waals surface area contributed by atoms with Gasteiger partial charge in [0.2, 0.25) is 0 Å². The van der Waals surface area contributed by atoms with E-state index in [0.717, 1.165) is 17.7 Å². The normalized spacial score (nSPS) is 20.1. The van der Waals surface area contributed by atoms with E-state index < -0.39 is 6.17 Å². The molecule has 7 heteroatoms. The van der Waals surface area contributed by atoms with Gasteiger partial charge < -0.3 is 4.90 Å². The van der Waals surface area contributed by atoms with E-state index in [1.54, 1.807) is 17.0 Å². The Balaban J connectivity index is 1.09. The Morgan fingerprint density at radius 3 is 2.07 bits per heavy atom. The van der Waals surface area contributed by atoms with Crippen molar-refractivity contribution in [1.82, 2.24) is 14.8 Å². The molecule has 0 saturated carbocycles. The Hall–Kier alpha value is -3.71. The first-order valence-corrected chi connectivity index (χ1v) is 14.6. The summed E-state index contributed by atoms with van der Waals surface area (Å²) in [6, 6.07) is 19.1. The van der Waals surface area contributed by atoms with Crippen molar-refractivity contribution in [2.24, 2.45) is 11.8 Å². The van der Waals surface area contributed by atoms with Gasteiger partial charge in [0.05, 0.1) is 0 Å². The number of carbonyl (C=O) groups is 3. The lowest BCUT2D eigenvalue weighted by Gasteiger charge is -2.34. The summed E-state index contributed by atoms with van der Waals surface area (Å²) in [6.45, 7) is 6.81. The number of Topliss-reactive ketones (excluding diaryl/α,β-unsaturated/α-hetero) is 2. The molecule has 2 atom stereocenters. The third-order valence-corrected chi connectivity index (χ3v) is 8.53. The monoisotopic (exact) mass is 555 g/mol. The Labute approximate surface area is 241 Å². The summed E-state index contributed by atoms with van der Waals surface area (Å²) in [5.41, 5.74) is 4.88. The second kappa shape index (κ2) is 12.9. The summed E-state index contributed by atoms with van der Waals surface area (Å²) in [4.78, 5) is 46.9. The maximum absolute atomic E-state index is 15.0. The minimum Gasteiger partial charge on any atom is -0.337 e. The van der Waals surface area contributed by atoms with Crippen LogP contribution in [0.1, 0.15) is 73.6 Å². The van der Waals surface area contributed by atoms with Crippen LogP contribution in [0.5, 0.6) is 0 Å². The molecule has 0 spiro atoms. The summed E-state index contributed by atoms with van der Waals surface area (Å²) >= 11 is 0. The van der Waals surface area contributed by atoms with Gasteiger partial charge in [-0.25, -0.2) is 4.39 Å². The molecule has 6 nitrogen and oxygen atoms in total. The number of benzene rings is 2. The van der Waals surface area contributed by atoms with E-state index >= 15 is 4.39 Å². The second-order valence-corrected chi connectivity index (χ2v) is 11.6. The number of alkyl halides is 1. The number of aromatic nitrogens is 1. The summed E-state index contributed by atoms with van der Waals surface area (Å²) in [7, 11) is 0. The van der Waals surface area contributed by atoms with Crippen molar-refractivity contribution in [2.75, 3.05) is 26.2 Å². The number of rotatable bonds is 8. The molecule has 214 valence electrons. The third-order valence-electron chi connectivity index (χ3n) is 8.53. The molecule has 0 N–H and O–H groups in total. The molecule has 3 aromatic rings. The number of likely N-dealkylation sites (tertiary alicyclic amines) is 2. The number of amides is 1. The molecule has 0 aliphatic carbocycles. The first kappa shape index (κ1) is 28.8. The Kier molecular flexibility index (Phi) is 9.03. The molecule has 2 saturated heterocycles. The predicted octanol–water partition coefficient (Wildman–Crippen LogP) is 5.87. The maximum Gasteiger partial charge on any atom is 0.272 e. The lowest BCUT2D eigenvalue weighted by atomic mass is 9.88. The molecule has 3 heterocycles. The van der Waals surface area contributed by atoms with Crippen molar-refractivity contribution in [3.05, 3.63) is 100 Å². The zero-order valence-electron chi connectivity index (χ0n) is 23.9. The van der Waals surface area contributed by atoms with Crippen molar-refractivity contribution < 1.29 is 18.8 Å². The molecule has 1 amide bonds. The van der Waals surface area contributed by atoms with Crippen LogP contribution in [0.25, 0.3) is 0 Å². The van der Waals surface area contributed by atoms with Crippen molar-refractivity contribution >= 4 is 17.5 Å². The summed E-state index contributed by atoms with van der Waals surface area (Å²) in [5, 5.41) is 0. The quantitative estimate of drug-likeness (QED) is 0.325. The first-order chi connectivity index (χ1) is 19.8. The highest BCUT2D eigenvalue weighted by molar-refractivity contribution is 5.99. The van der Waals surface area contributed by atoms with Crippen LogP contribution in [0.2, 0.25) is 0 Å². The molecule has 2 fully saturated rings. The largest absolute Gasteiger partial charge is 0.337 e. The van der Waals surface area contributed by atoms with Gasteiger partial charge in [-0.1, -0.05) is 59.7 Å². The predicted molar refractivity (Wildman–Crippen MR) is 157 cm³/mol. The second-order valence-electron chi connectivity index (χ2n) is 11.6. The number of carbonyl (C=O) groups excluding carboxylic acids is 3. The summed E-state index contributed by atoms with van der Waals surface area (Å²) in [5.74, 6) is -0.627. The van der Waals surface area contributed by atoms with Gasteiger partial charge in [-0.15, -0.1) is 0 Å². The van der Waals surface area contributed by atoms with Gasteiger partial charge in [-0.3, -0.25) is 24.3 Å². The van der Waals surface area contributed by atoms with Crippen LogP contribution in [-0.4, -0.2) is 64.6 Å². The number of pyridine rings is 1.